The molecule has 4 aromatic rings. The largest absolute Gasteiger partial charge is 0.496 e. The Labute approximate surface area is 179 Å². The van der Waals surface area contributed by atoms with Gasteiger partial charge in [0.15, 0.2) is 0 Å². The normalized spacial score (nSPS) is 11.1. The summed E-state index contributed by atoms with van der Waals surface area (Å²) >= 11 is 0. The summed E-state index contributed by atoms with van der Waals surface area (Å²) in [7, 11) is 3.32. The highest BCUT2D eigenvalue weighted by atomic mass is 16.5. The topological polar surface area (TPSA) is 89.0 Å². The number of methoxy groups -OCH3 is 1. The predicted molar refractivity (Wildman–Crippen MR) is 122 cm³/mol. The Morgan fingerprint density at radius 1 is 1.13 bits per heavy atom. The minimum absolute atomic E-state index is 0.159. The molecule has 0 aliphatic heterocycles. The lowest BCUT2D eigenvalue weighted by Gasteiger charge is -2.11. The van der Waals surface area contributed by atoms with Gasteiger partial charge in [0.1, 0.15) is 11.4 Å². The molecule has 1 amide bonds. The lowest BCUT2D eigenvalue weighted by molar-refractivity contribution is 0.101. The highest BCUT2D eigenvalue weighted by Crippen LogP contribution is 2.29. The van der Waals surface area contributed by atoms with E-state index in [4.69, 9.17) is 4.74 Å². The van der Waals surface area contributed by atoms with Gasteiger partial charge in [-0.3, -0.25) is 14.3 Å². The van der Waals surface area contributed by atoms with Crippen LogP contribution in [0.4, 0.5) is 5.69 Å². The van der Waals surface area contributed by atoms with E-state index < -0.39 is 0 Å². The highest BCUT2D eigenvalue weighted by Gasteiger charge is 2.17. The lowest BCUT2D eigenvalue weighted by Crippen LogP contribution is -2.16. The Hall–Kier alpha value is -3.87. The van der Waals surface area contributed by atoms with Gasteiger partial charge in [0, 0.05) is 29.8 Å². The Morgan fingerprint density at radius 3 is 2.65 bits per heavy atom. The number of hydrogen-bond donors (Lipinski definition) is 2. The molecule has 7 heteroatoms. The van der Waals surface area contributed by atoms with Crippen LogP contribution in [0.25, 0.3) is 22.2 Å². The van der Waals surface area contributed by atoms with Crippen LogP contribution in [-0.4, -0.2) is 27.8 Å². The number of fused-ring (bicyclic) bond motifs is 1. The van der Waals surface area contributed by atoms with Gasteiger partial charge in [-0.1, -0.05) is 32.0 Å². The van der Waals surface area contributed by atoms with Crippen LogP contribution >= 0.6 is 0 Å². The maximum absolute atomic E-state index is 12.9. The summed E-state index contributed by atoms with van der Waals surface area (Å²) in [6.07, 6.45) is 0. The number of carbonyl (C=O) groups is 1. The fourth-order valence-corrected chi connectivity index (χ4v) is 3.71. The highest BCUT2D eigenvalue weighted by molar-refractivity contribution is 6.04. The number of ether oxygens (including phenoxy) is 1. The van der Waals surface area contributed by atoms with E-state index in [9.17, 15) is 9.59 Å². The molecule has 2 aromatic heterocycles. The molecule has 0 saturated heterocycles. The molecule has 0 atom stereocenters. The first-order valence-electron chi connectivity index (χ1n) is 10.0. The van der Waals surface area contributed by atoms with E-state index in [-0.39, 0.29) is 17.4 Å². The summed E-state index contributed by atoms with van der Waals surface area (Å²) in [6, 6.07) is 16.4. The molecule has 7 nitrogen and oxygen atoms in total. The number of amides is 1. The molecule has 2 N–H and O–H groups in total. The van der Waals surface area contributed by atoms with Crippen molar-refractivity contribution in [2.45, 2.75) is 19.8 Å². The molecule has 0 radical (unpaired) electrons. The van der Waals surface area contributed by atoms with Gasteiger partial charge >= 0.3 is 0 Å². The maximum Gasteiger partial charge on any atom is 0.273 e. The van der Waals surface area contributed by atoms with Crippen molar-refractivity contribution in [3.63, 3.8) is 0 Å². The van der Waals surface area contributed by atoms with Gasteiger partial charge in [0.25, 0.3) is 5.91 Å². The van der Waals surface area contributed by atoms with E-state index in [1.807, 2.05) is 50.2 Å². The number of para-hydroxylation sites is 1. The summed E-state index contributed by atoms with van der Waals surface area (Å²) in [5.41, 5.74) is 3.96. The molecule has 31 heavy (non-hydrogen) atoms. The summed E-state index contributed by atoms with van der Waals surface area (Å²) in [6.45, 7) is 4.09. The van der Waals surface area contributed by atoms with Crippen LogP contribution in [0, 0.1) is 0 Å². The minimum atomic E-state index is -0.294. The third-order valence-electron chi connectivity index (χ3n) is 5.25. The molecule has 0 saturated carbocycles. The fraction of sp³-hybridized carbons (Fsp3) is 0.208. The average Bonchev–Trinajstić information content (AvgIpc) is 3.14. The zero-order valence-electron chi connectivity index (χ0n) is 17.9. The Bertz CT molecular complexity index is 1330. The van der Waals surface area contributed by atoms with Crippen LogP contribution in [0.3, 0.4) is 0 Å². The van der Waals surface area contributed by atoms with Crippen LogP contribution in [-0.2, 0) is 7.05 Å². The second kappa shape index (κ2) is 8.10. The number of rotatable bonds is 5. The van der Waals surface area contributed by atoms with Gasteiger partial charge < -0.3 is 15.0 Å². The summed E-state index contributed by atoms with van der Waals surface area (Å²) < 4.78 is 6.94. The number of aryl methyl sites for hydroxylation is 1. The summed E-state index contributed by atoms with van der Waals surface area (Å²) in [5, 5.41) is 8.34. The molecular formula is C24H24N4O3. The van der Waals surface area contributed by atoms with E-state index in [1.165, 1.54) is 4.68 Å². The summed E-state index contributed by atoms with van der Waals surface area (Å²) in [4.78, 5) is 27.8. The summed E-state index contributed by atoms with van der Waals surface area (Å²) in [5.74, 6) is 0.609. The van der Waals surface area contributed by atoms with Crippen LogP contribution in [0.1, 0.15) is 35.8 Å². The Morgan fingerprint density at radius 2 is 1.90 bits per heavy atom. The number of aromatic nitrogens is 3. The molecule has 0 spiro atoms. The fourth-order valence-electron chi connectivity index (χ4n) is 3.71. The standard InChI is InChI=1S/C24H24N4O3/c1-14(2)18-12-23(29)26-19-11-15(9-10-16(18)19)25-24(30)21-13-20(27-28(21)3)17-7-5-6-8-22(17)31-4/h5-14H,1-4H3,(H,25,30)(H,26,29). The zero-order valence-corrected chi connectivity index (χ0v) is 17.9. The number of nitrogens with zero attached hydrogens (tertiary/aromatic N) is 2. The lowest BCUT2D eigenvalue weighted by atomic mass is 9.99. The van der Waals surface area contributed by atoms with E-state index >= 15 is 0 Å². The number of benzene rings is 2. The van der Waals surface area contributed by atoms with Gasteiger partial charge in [0.2, 0.25) is 5.56 Å². The molecule has 0 aliphatic rings. The van der Waals surface area contributed by atoms with Crippen molar-refractivity contribution in [3.8, 4) is 17.0 Å². The van der Waals surface area contributed by atoms with E-state index in [1.54, 1.807) is 32.4 Å². The third kappa shape index (κ3) is 3.94. The Kier molecular flexibility index (Phi) is 5.33. The van der Waals surface area contributed by atoms with Crippen molar-refractivity contribution in [1.82, 2.24) is 14.8 Å². The van der Waals surface area contributed by atoms with Gasteiger partial charge in [-0.2, -0.15) is 5.10 Å². The molecule has 158 valence electrons. The first-order valence-corrected chi connectivity index (χ1v) is 10.0. The second-order valence-electron chi connectivity index (χ2n) is 7.70. The minimum Gasteiger partial charge on any atom is -0.496 e. The molecule has 2 heterocycles. The Balaban J connectivity index is 1.65. The average molecular weight is 416 g/mol. The van der Waals surface area contributed by atoms with Crippen LogP contribution < -0.4 is 15.6 Å². The zero-order chi connectivity index (χ0) is 22.1. The molecular weight excluding hydrogens is 392 g/mol. The van der Waals surface area contributed by atoms with Gasteiger partial charge in [-0.15, -0.1) is 0 Å². The number of carbonyl (C=O) groups excluding carboxylic acids is 1. The molecule has 2 aromatic carbocycles. The number of anilines is 1. The number of pyridine rings is 1. The van der Waals surface area contributed by atoms with Crippen molar-refractivity contribution in [2.75, 3.05) is 12.4 Å². The van der Waals surface area contributed by atoms with Crippen molar-refractivity contribution < 1.29 is 9.53 Å². The van der Waals surface area contributed by atoms with Crippen molar-refractivity contribution >= 4 is 22.5 Å². The van der Waals surface area contributed by atoms with Crippen LogP contribution in [0.15, 0.2) is 59.4 Å². The monoisotopic (exact) mass is 416 g/mol. The first-order chi connectivity index (χ1) is 14.9. The van der Waals surface area contributed by atoms with Gasteiger partial charge in [-0.05, 0) is 41.8 Å². The van der Waals surface area contributed by atoms with Crippen molar-refractivity contribution in [1.29, 1.82) is 0 Å². The number of aromatic amines is 1. The number of H-pyrrole nitrogens is 1. The molecule has 0 aliphatic carbocycles. The van der Waals surface area contributed by atoms with Crippen LogP contribution in [0.5, 0.6) is 5.75 Å². The van der Waals surface area contributed by atoms with Gasteiger partial charge in [-0.25, -0.2) is 0 Å². The quantitative estimate of drug-likeness (QED) is 0.507. The van der Waals surface area contributed by atoms with Crippen molar-refractivity contribution in [3.05, 3.63) is 76.2 Å². The van der Waals surface area contributed by atoms with Crippen LogP contribution in [0.2, 0.25) is 0 Å². The molecule has 0 unspecified atom stereocenters. The number of hydrogen-bond acceptors (Lipinski definition) is 4. The first kappa shape index (κ1) is 20.4. The second-order valence-corrected chi connectivity index (χ2v) is 7.70. The molecule has 0 fully saturated rings. The smallest absolute Gasteiger partial charge is 0.273 e. The molecule has 0 bridgehead atoms. The number of nitrogens with one attached hydrogen (secondary N) is 2. The maximum atomic E-state index is 12.9. The molecule has 4 rings (SSSR count). The van der Waals surface area contributed by atoms with E-state index in [0.717, 1.165) is 16.5 Å². The van der Waals surface area contributed by atoms with Gasteiger partial charge in [0.05, 0.1) is 18.3 Å². The van der Waals surface area contributed by atoms with E-state index in [0.29, 0.717) is 28.3 Å². The van der Waals surface area contributed by atoms with Crippen molar-refractivity contribution in [2.24, 2.45) is 7.05 Å². The predicted octanol–water partition coefficient (Wildman–Crippen LogP) is 4.31. The SMILES string of the molecule is COc1ccccc1-c1cc(C(=O)Nc2ccc3c(C(C)C)cc(=O)[nH]c3c2)n(C)n1. The van der Waals surface area contributed by atoms with E-state index in [2.05, 4.69) is 15.4 Å². The third-order valence-corrected chi connectivity index (χ3v) is 5.25.